The van der Waals surface area contributed by atoms with E-state index in [0.717, 1.165) is 24.4 Å². The van der Waals surface area contributed by atoms with Gasteiger partial charge in [0.15, 0.2) is 21.9 Å². The van der Waals surface area contributed by atoms with E-state index in [9.17, 15) is 9.59 Å². The van der Waals surface area contributed by atoms with Crippen molar-refractivity contribution in [3.63, 3.8) is 0 Å². The first-order chi connectivity index (χ1) is 16.4. The highest BCUT2D eigenvalue weighted by Gasteiger charge is 2.25. The summed E-state index contributed by atoms with van der Waals surface area (Å²) in [4.78, 5) is 32.3. The largest absolute Gasteiger partial charge is 0.493 e. The third-order valence-electron chi connectivity index (χ3n) is 5.32. The number of nitrogens with zero attached hydrogens (tertiary/aromatic N) is 4. The molecule has 0 spiro atoms. The summed E-state index contributed by atoms with van der Waals surface area (Å²) in [6.07, 6.45) is 1.87. The summed E-state index contributed by atoms with van der Waals surface area (Å²) in [6.45, 7) is 1.30. The van der Waals surface area contributed by atoms with Gasteiger partial charge in [-0.05, 0) is 60.8 Å². The number of halogens is 1. The molecule has 4 rings (SSSR count). The number of carbonyl (C=O) groups is 2. The molecule has 1 fully saturated rings. The van der Waals surface area contributed by atoms with Crippen LogP contribution >= 0.6 is 23.1 Å². The van der Waals surface area contributed by atoms with Gasteiger partial charge in [0, 0.05) is 23.7 Å². The lowest BCUT2D eigenvalue weighted by molar-refractivity contribution is 0.0785. The minimum Gasteiger partial charge on any atom is -0.493 e. The summed E-state index contributed by atoms with van der Waals surface area (Å²) in [5.74, 6) is 0.202. The molecule has 0 aliphatic carbocycles. The normalized spacial score (nSPS) is 13.8. The zero-order valence-corrected chi connectivity index (χ0v) is 20.5. The second kappa shape index (κ2) is 10.3. The number of rotatable bonds is 6. The molecular formula is C23H23ClN4O5S. The Morgan fingerprint density at radius 3 is 2.18 bits per heavy atom. The van der Waals surface area contributed by atoms with Gasteiger partial charge in [0.25, 0.3) is 11.8 Å². The Bertz CT molecular complexity index is 1250. The van der Waals surface area contributed by atoms with Crippen LogP contribution in [-0.2, 0) is 0 Å². The van der Waals surface area contributed by atoms with E-state index in [4.69, 9.17) is 25.8 Å². The first-order valence-corrected chi connectivity index (χ1v) is 11.6. The number of hydrogen-bond acceptors (Lipinski definition) is 7. The van der Waals surface area contributed by atoms with E-state index < -0.39 is 5.91 Å². The molecule has 1 aliphatic heterocycles. The van der Waals surface area contributed by atoms with Crippen LogP contribution in [0.1, 0.15) is 33.7 Å². The van der Waals surface area contributed by atoms with E-state index in [-0.39, 0.29) is 21.8 Å². The molecule has 1 aliphatic rings. The standard InChI is InChI=1S/C23H23ClN4O5S/c1-31-17-12-14(13-18(32-2)20(17)33-3)21(29)25-22-19(23(30)27-10-4-5-11-27)26-28(34-22)16-8-6-15(24)7-9-16/h6-9,12-13H,4-5,10-11H2,1-3H3. The maximum atomic E-state index is 13.2. The first kappa shape index (κ1) is 23.8. The predicted octanol–water partition coefficient (Wildman–Crippen LogP) is 3.59. The molecule has 1 saturated heterocycles. The Morgan fingerprint density at radius 2 is 1.62 bits per heavy atom. The van der Waals surface area contributed by atoms with Gasteiger partial charge in [-0.3, -0.25) is 9.59 Å². The molecule has 11 heteroatoms. The van der Waals surface area contributed by atoms with Crippen LogP contribution in [-0.4, -0.2) is 60.3 Å². The molecule has 9 nitrogen and oxygen atoms in total. The smallest absolute Gasteiger partial charge is 0.278 e. The second-order valence-corrected chi connectivity index (χ2v) is 8.78. The number of methoxy groups -OCH3 is 3. The number of hydrogen-bond donors (Lipinski definition) is 0. The summed E-state index contributed by atoms with van der Waals surface area (Å²) in [6, 6.07) is 10.0. The van der Waals surface area contributed by atoms with Crippen LogP contribution in [0.4, 0.5) is 0 Å². The summed E-state index contributed by atoms with van der Waals surface area (Å²) >= 11 is 7.10. The maximum Gasteiger partial charge on any atom is 0.278 e. The topological polar surface area (TPSA) is 95.2 Å². The molecule has 0 unspecified atom stereocenters. The summed E-state index contributed by atoms with van der Waals surface area (Å²) in [5.41, 5.74) is 1.05. The first-order valence-electron chi connectivity index (χ1n) is 10.5. The fourth-order valence-electron chi connectivity index (χ4n) is 3.60. The highest BCUT2D eigenvalue weighted by atomic mass is 35.5. The van der Waals surface area contributed by atoms with Gasteiger partial charge in [-0.15, -0.1) is 5.10 Å². The maximum absolute atomic E-state index is 13.2. The van der Waals surface area contributed by atoms with Crippen molar-refractivity contribution < 1.29 is 23.8 Å². The molecule has 2 amide bonds. The van der Waals surface area contributed by atoms with Crippen LogP contribution in [0.25, 0.3) is 5.69 Å². The van der Waals surface area contributed by atoms with Crippen molar-refractivity contribution in [3.8, 4) is 22.9 Å². The number of benzene rings is 2. The fourth-order valence-corrected chi connectivity index (χ4v) is 4.57. The van der Waals surface area contributed by atoms with Gasteiger partial charge >= 0.3 is 0 Å². The van der Waals surface area contributed by atoms with E-state index >= 15 is 0 Å². The lowest BCUT2D eigenvalue weighted by Gasteiger charge is -2.13. The van der Waals surface area contributed by atoms with Gasteiger partial charge in [0.1, 0.15) is 0 Å². The quantitative estimate of drug-likeness (QED) is 0.511. The van der Waals surface area contributed by atoms with Crippen LogP contribution in [0.2, 0.25) is 5.02 Å². The summed E-state index contributed by atoms with van der Waals surface area (Å²) < 4.78 is 17.8. The summed E-state index contributed by atoms with van der Waals surface area (Å²) in [7, 11) is 4.41. The van der Waals surface area contributed by atoms with Crippen LogP contribution < -0.4 is 18.9 Å². The van der Waals surface area contributed by atoms with Gasteiger partial charge in [0.2, 0.25) is 5.75 Å². The average molecular weight is 503 g/mol. The van der Waals surface area contributed by atoms with Crippen molar-refractivity contribution >= 4 is 34.9 Å². The van der Waals surface area contributed by atoms with Crippen molar-refractivity contribution in [1.29, 1.82) is 0 Å². The third-order valence-corrected chi connectivity index (χ3v) is 6.50. The van der Waals surface area contributed by atoms with E-state index in [2.05, 4.69) is 10.1 Å². The minimum absolute atomic E-state index is 0.127. The highest BCUT2D eigenvalue weighted by Crippen LogP contribution is 2.38. The molecule has 2 heterocycles. The van der Waals surface area contributed by atoms with Crippen molar-refractivity contribution in [2.75, 3.05) is 34.4 Å². The Labute approximate surface area is 205 Å². The van der Waals surface area contributed by atoms with Crippen molar-refractivity contribution in [1.82, 2.24) is 14.1 Å². The Kier molecular flexibility index (Phi) is 7.18. The van der Waals surface area contributed by atoms with Crippen LogP contribution in [0.15, 0.2) is 41.4 Å². The van der Waals surface area contributed by atoms with Crippen molar-refractivity contribution in [2.45, 2.75) is 12.8 Å². The van der Waals surface area contributed by atoms with E-state index in [1.54, 1.807) is 33.2 Å². The van der Waals surface area contributed by atoms with Gasteiger partial charge in [-0.25, -0.2) is 0 Å². The van der Waals surface area contributed by atoms with E-state index in [0.29, 0.717) is 41.0 Å². The molecule has 2 aromatic carbocycles. The molecule has 1 aromatic heterocycles. The Hall–Kier alpha value is -3.37. The molecule has 34 heavy (non-hydrogen) atoms. The van der Waals surface area contributed by atoms with E-state index in [1.165, 1.54) is 33.5 Å². The van der Waals surface area contributed by atoms with Gasteiger partial charge < -0.3 is 19.1 Å². The molecule has 178 valence electrons. The highest BCUT2D eigenvalue weighted by molar-refractivity contribution is 7.04. The zero-order valence-electron chi connectivity index (χ0n) is 18.9. The molecule has 0 bridgehead atoms. The number of aromatic nitrogens is 2. The fraction of sp³-hybridized carbons (Fsp3) is 0.304. The van der Waals surface area contributed by atoms with Gasteiger partial charge in [0.05, 0.1) is 27.0 Å². The van der Waals surface area contributed by atoms with E-state index in [1.807, 2.05) is 0 Å². The lowest BCUT2D eigenvalue weighted by atomic mass is 10.1. The molecule has 0 atom stereocenters. The van der Waals surface area contributed by atoms with Crippen molar-refractivity contribution in [2.24, 2.45) is 4.99 Å². The molecular weight excluding hydrogens is 480 g/mol. The average Bonchev–Trinajstić information content (AvgIpc) is 3.54. The van der Waals surface area contributed by atoms with Crippen LogP contribution in [0, 0.1) is 0 Å². The third kappa shape index (κ3) is 4.78. The van der Waals surface area contributed by atoms with Crippen molar-refractivity contribution in [3.05, 3.63) is 57.3 Å². The summed E-state index contributed by atoms with van der Waals surface area (Å²) in [5, 5.41) is 5.06. The monoisotopic (exact) mass is 502 g/mol. The molecule has 0 radical (unpaired) electrons. The molecule has 3 aromatic rings. The number of likely N-dealkylation sites (tertiary alicyclic amines) is 1. The SMILES string of the molecule is COc1cc(C(=O)N=c2sn(-c3ccc(Cl)cc3)nc2C(=O)N2CCCC2)cc(OC)c1OC. The van der Waals surface area contributed by atoms with Gasteiger partial charge in [-0.2, -0.15) is 9.06 Å². The Balaban J connectivity index is 1.80. The predicted molar refractivity (Wildman–Crippen MR) is 128 cm³/mol. The Morgan fingerprint density at radius 1 is 1.00 bits per heavy atom. The molecule has 0 N–H and O–H groups in total. The number of amides is 2. The van der Waals surface area contributed by atoms with Crippen LogP contribution in [0.3, 0.4) is 0 Å². The van der Waals surface area contributed by atoms with Gasteiger partial charge in [-0.1, -0.05) is 11.6 Å². The minimum atomic E-state index is -0.568. The molecule has 0 saturated carbocycles. The lowest BCUT2D eigenvalue weighted by Crippen LogP contribution is -2.31. The van der Waals surface area contributed by atoms with Crippen LogP contribution in [0.5, 0.6) is 17.2 Å². The number of carbonyl (C=O) groups excluding carboxylic acids is 2. The zero-order chi connectivity index (χ0) is 24.2. The second-order valence-electron chi connectivity index (χ2n) is 7.42. The number of ether oxygens (including phenoxy) is 3.